The van der Waals surface area contributed by atoms with E-state index in [1.54, 1.807) is 41.5 Å². The van der Waals surface area contributed by atoms with E-state index < -0.39 is 42.5 Å². The lowest BCUT2D eigenvalue weighted by Crippen LogP contribution is -2.69. The Morgan fingerprint density at radius 3 is 2.20 bits per heavy atom. The zero-order valence-electron chi connectivity index (χ0n) is 18.5. The van der Waals surface area contributed by atoms with Crippen LogP contribution in [0.1, 0.15) is 41.5 Å². The first-order valence-corrected chi connectivity index (χ1v) is 12.0. The molecule has 2 N–H and O–H groups in total. The van der Waals surface area contributed by atoms with Crippen molar-refractivity contribution in [2.45, 2.75) is 53.3 Å². The van der Waals surface area contributed by atoms with Crippen molar-refractivity contribution in [3.63, 3.8) is 0 Å². The standard InChI is InChI=1S/C18H33ClN3O7P/c1-7-28-30(26,29-8-2)12-21-16(25)15-17(3,4)11-27-18(5,6)22(15)14(24)10-20-13(23)9-19/h15H,7-12H2,1-6H3,(H,20,23)(H,21,25). The molecule has 30 heavy (non-hydrogen) atoms. The van der Waals surface area contributed by atoms with Gasteiger partial charge in [0.25, 0.3) is 0 Å². The molecule has 0 aromatic rings. The third-order valence-corrected chi connectivity index (χ3v) is 6.64. The highest BCUT2D eigenvalue weighted by Gasteiger charge is 2.52. The van der Waals surface area contributed by atoms with Gasteiger partial charge in [-0.3, -0.25) is 18.9 Å². The molecule has 0 aromatic heterocycles. The summed E-state index contributed by atoms with van der Waals surface area (Å²) in [5, 5.41) is 5.02. The lowest BCUT2D eigenvalue weighted by Gasteiger charge is -2.53. The minimum atomic E-state index is -3.51. The predicted octanol–water partition coefficient (Wildman–Crippen LogP) is 1.67. The Labute approximate surface area is 182 Å². The molecule has 0 saturated carbocycles. The second kappa shape index (κ2) is 10.9. The molecule has 1 unspecified atom stereocenters. The zero-order valence-corrected chi connectivity index (χ0v) is 20.1. The summed E-state index contributed by atoms with van der Waals surface area (Å²) in [6.45, 7) is 10.4. The number of hydrogen-bond donors (Lipinski definition) is 2. The molecule has 0 aromatic carbocycles. The maximum absolute atomic E-state index is 13.2. The van der Waals surface area contributed by atoms with Gasteiger partial charge in [0, 0.05) is 5.41 Å². The normalized spacial score (nSPS) is 20.5. The molecule has 1 aliphatic rings. The van der Waals surface area contributed by atoms with Crippen LogP contribution in [0, 0.1) is 5.41 Å². The minimum absolute atomic E-state index is 0.161. The topological polar surface area (TPSA) is 123 Å². The van der Waals surface area contributed by atoms with E-state index in [9.17, 15) is 18.9 Å². The number of nitrogens with one attached hydrogen (secondary N) is 2. The number of halogens is 1. The molecule has 0 bridgehead atoms. The van der Waals surface area contributed by atoms with Crippen LogP contribution in [0.3, 0.4) is 0 Å². The van der Waals surface area contributed by atoms with Crippen molar-refractivity contribution in [2.24, 2.45) is 5.41 Å². The van der Waals surface area contributed by atoms with Crippen molar-refractivity contribution < 1.29 is 32.7 Å². The first kappa shape index (κ1) is 26.8. The Bertz CT molecular complexity index is 677. The fraction of sp³-hybridized carbons (Fsp3) is 0.833. The summed E-state index contributed by atoms with van der Waals surface area (Å²) >= 11 is 5.46. The third kappa shape index (κ3) is 6.92. The van der Waals surface area contributed by atoms with E-state index in [0.717, 1.165) is 0 Å². The van der Waals surface area contributed by atoms with Gasteiger partial charge in [-0.15, -0.1) is 11.6 Å². The van der Waals surface area contributed by atoms with Crippen LogP contribution in [0.5, 0.6) is 0 Å². The maximum atomic E-state index is 13.2. The molecule has 1 saturated heterocycles. The van der Waals surface area contributed by atoms with Gasteiger partial charge in [0.1, 0.15) is 23.9 Å². The summed E-state index contributed by atoms with van der Waals surface area (Å²) in [5.74, 6) is -1.82. The van der Waals surface area contributed by atoms with E-state index in [4.69, 9.17) is 25.4 Å². The highest BCUT2D eigenvalue weighted by atomic mass is 35.5. The summed E-state index contributed by atoms with van der Waals surface area (Å²) < 4.78 is 28.9. The third-order valence-electron chi connectivity index (χ3n) is 4.55. The molecular weight excluding hydrogens is 437 g/mol. The highest BCUT2D eigenvalue weighted by Crippen LogP contribution is 2.47. The second-order valence-electron chi connectivity index (χ2n) is 7.95. The Kier molecular flexibility index (Phi) is 9.76. The summed E-state index contributed by atoms with van der Waals surface area (Å²) in [7, 11) is -3.51. The number of hydrogen-bond acceptors (Lipinski definition) is 7. The largest absolute Gasteiger partial charge is 0.355 e. The molecule has 1 heterocycles. The first-order chi connectivity index (χ1) is 13.8. The highest BCUT2D eigenvalue weighted by molar-refractivity contribution is 7.53. The van der Waals surface area contributed by atoms with E-state index >= 15 is 0 Å². The molecule has 174 valence electrons. The summed E-state index contributed by atoms with van der Waals surface area (Å²) in [4.78, 5) is 38.9. The van der Waals surface area contributed by atoms with Gasteiger partial charge in [0.15, 0.2) is 0 Å². The van der Waals surface area contributed by atoms with Gasteiger partial charge < -0.3 is 29.3 Å². The van der Waals surface area contributed by atoms with Crippen molar-refractivity contribution in [3.8, 4) is 0 Å². The maximum Gasteiger partial charge on any atom is 0.349 e. The van der Waals surface area contributed by atoms with Crippen LogP contribution in [-0.4, -0.2) is 72.9 Å². The van der Waals surface area contributed by atoms with E-state index in [1.165, 1.54) is 4.90 Å². The lowest BCUT2D eigenvalue weighted by atomic mass is 9.80. The molecule has 1 rings (SSSR count). The van der Waals surface area contributed by atoms with Crippen LogP contribution in [-0.2, 0) is 32.7 Å². The van der Waals surface area contributed by atoms with Crippen molar-refractivity contribution in [3.05, 3.63) is 0 Å². The van der Waals surface area contributed by atoms with Crippen molar-refractivity contribution in [1.82, 2.24) is 15.5 Å². The average molecular weight is 470 g/mol. The first-order valence-electron chi connectivity index (χ1n) is 9.78. The van der Waals surface area contributed by atoms with Gasteiger partial charge in [-0.05, 0) is 27.7 Å². The van der Waals surface area contributed by atoms with Gasteiger partial charge in [-0.2, -0.15) is 0 Å². The SMILES string of the molecule is CCOP(=O)(CNC(=O)C1N(C(=O)CNC(=O)CCl)C(C)(C)OCC1(C)C)OCC. The van der Waals surface area contributed by atoms with Gasteiger partial charge in [0.05, 0.1) is 26.4 Å². The van der Waals surface area contributed by atoms with Crippen molar-refractivity contribution in [1.29, 1.82) is 0 Å². The van der Waals surface area contributed by atoms with Crippen molar-refractivity contribution in [2.75, 3.05) is 38.5 Å². The van der Waals surface area contributed by atoms with E-state index in [-0.39, 0.29) is 38.5 Å². The van der Waals surface area contributed by atoms with Crippen LogP contribution in [0.2, 0.25) is 0 Å². The van der Waals surface area contributed by atoms with Crippen LogP contribution < -0.4 is 10.6 Å². The van der Waals surface area contributed by atoms with Gasteiger partial charge >= 0.3 is 7.60 Å². The van der Waals surface area contributed by atoms with Crippen molar-refractivity contribution >= 4 is 36.9 Å². The molecular formula is C18H33ClN3O7P. The molecule has 0 radical (unpaired) electrons. The fourth-order valence-electron chi connectivity index (χ4n) is 3.19. The van der Waals surface area contributed by atoms with Gasteiger partial charge in [0.2, 0.25) is 17.7 Å². The molecule has 0 spiro atoms. The van der Waals surface area contributed by atoms with Crippen LogP contribution in [0.15, 0.2) is 0 Å². The predicted molar refractivity (Wildman–Crippen MR) is 112 cm³/mol. The van der Waals surface area contributed by atoms with E-state index in [1.807, 2.05) is 0 Å². The summed E-state index contributed by atoms with van der Waals surface area (Å²) in [5.41, 5.74) is -1.86. The average Bonchev–Trinajstić information content (AvgIpc) is 2.66. The molecule has 3 amide bonds. The molecule has 12 heteroatoms. The van der Waals surface area contributed by atoms with Crippen LogP contribution in [0.4, 0.5) is 0 Å². The number of nitrogens with zero attached hydrogens (tertiary/aromatic N) is 1. The number of ether oxygens (including phenoxy) is 1. The number of amides is 3. The number of carbonyl (C=O) groups is 3. The molecule has 1 fully saturated rings. The minimum Gasteiger partial charge on any atom is -0.355 e. The van der Waals surface area contributed by atoms with Gasteiger partial charge in [-0.1, -0.05) is 13.8 Å². The molecule has 10 nitrogen and oxygen atoms in total. The molecule has 1 atom stereocenters. The Morgan fingerprint density at radius 2 is 1.70 bits per heavy atom. The number of rotatable bonds is 10. The molecule has 0 aliphatic carbocycles. The Hall–Kier alpha value is -1.19. The van der Waals surface area contributed by atoms with Crippen LogP contribution in [0.25, 0.3) is 0 Å². The second-order valence-corrected chi connectivity index (χ2v) is 10.3. The summed E-state index contributed by atoms with van der Waals surface area (Å²) in [6, 6.07) is -0.946. The summed E-state index contributed by atoms with van der Waals surface area (Å²) in [6.07, 6.45) is -0.327. The van der Waals surface area contributed by atoms with E-state index in [2.05, 4.69) is 10.6 Å². The van der Waals surface area contributed by atoms with E-state index in [0.29, 0.717) is 0 Å². The number of alkyl halides is 1. The van der Waals surface area contributed by atoms with Crippen LogP contribution >= 0.6 is 19.2 Å². The number of carbonyl (C=O) groups excluding carboxylic acids is 3. The molecule has 1 aliphatic heterocycles. The Balaban J connectivity index is 3.11. The van der Waals surface area contributed by atoms with Gasteiger partial charge in [-0.25, -0.2) is 0 Å². The smallest absolute Gasteiger partial charge is 0.349 e. The Morgan fingerprint density at radius 1 is 1.13 bits per heavy atom. The lowest BCUT2D eigenvalue weighted by molar-refractivity contribution is -0.226. The quantitative estimate of drug-likeness (QED) is 0.368. The zero-order chi connectivity index (χ0) is 23.2. The fourth-order valence-corrected chi connectivity index (χ4v) is 4.68. The monoisotopic (exact) mass is 469 g/mol.